The second-order valence-corrected chi connectivity index (χ2v) is 3.97. The highest BCUT2D eigenvalue weighted by atomic mass is 15.1. The van der Waals surface area contributed by atoms with Gasteiger partial charge in [0.15, 0.2) is 0 Å². The smallest absolute Gasteiger partial charge is 0.0250 e. The van der Waals surface area contributed by atoms with E-state index in [1.165, 1.54) is 17.5 Å². The van der Waals surface area contributed by atoms with Gasteiger partial charge in [-0.15, -0.1) is 6.58 Å². The van der Waals surface area contributed by atoms with E-state index in [0.29, 0.717) is 6.04 Å². The van der Waals surface area contributed by atoms with Crippen molar-refractivity contribution in [2.75, 3.05) is 6.54 Å². The summed E-state index contributed by atoms with van der Waals surface area (Å²) in [7, 11) is 0. The molecule has 1 atom stereocenters. The lowest BCUT2D eigenvalue weighted by molar-refractivity contribution is 0.222. The molecule has 0 fully saturated rings. The van der Waals surface area contributed by atoms with Crippen LogP contribution < -0.4 is 0 Å². The van der Waals surface area contributed by atoms with Gasteiger partial charge in [-0.05, 0) is 24.5 Å². The average molecular weight is 187 g/mol. The number of fused-ring (bicyclic) bond motifs is 1. The molecule has 1 unspecified atom stereocenters. The molecule has 1 heteroatoms. The van der Waals surface area contributed by atoms with E-state index in [4.69, 9.17) is 0 Å². The van der Waals surface area contributed by atoms with Gasteiger partial charge in [0.1, 0.15) is 0 Å². The molecule has 0 bridgehead atoms. The molecule has 74 valence electrons. The van der Waals surface area contributed by atoms with Gasteiger partial charge in [0.25, 0.3) is 0 Å². The van der Waals surface area contributed by atoms with E-state index in [2.05, 4.69) is 42.7 Å². The first-order valence-corrected chi connectivity index (χ1v) is 5.24. The Kier molecular flexibility index (Phi) is 2.69. The van der Waals surface area contributed by atoms with Gasteiger partial charge in [-0.1, -0.05) is 30.3 Å². The first kappa shape index (κ1) is 9.47. The summed E-state index contributed by atoms with van der Waals surface area (Å²) in [6.45, 7) is 8.29. The van der Waals surface area contributed by atoms with Crippen LogP contribution in [0.25, 0.3) is 0 Å². The van der Waals surface area contributed by atoms with Crippen LogP contribution in [0.1, 0.15) is 18.1 Å². The average Bonchev–Trinajstić information content (AvgIpc) is 2.27. The Morgan fingerprint density at radius 3 is 2.79 bits per heavy atom. The zero-order valence-corrected chi connectivity index (χ0v) is 8.74. The van der Waals surface area contributed by atoms with Crippen molar-refractivity contribution >= 4 is 0 Å². The molecule has 1 aliphatic rings. The highest BCUT2D eigenvalue weighted by molar-refractivity contribution is 5.29. The third kappa shape index (κ3) is 1.73. The first-order chi connectivity index (χ1) is 6.81. The maximum absolute atomic E-state index is 3.85. The van der Waals surface area contributed by atoms with Gasteiger partial charge in [0, 0.05) is 19.1 Å². The molecule has 0 saturated carbocycles. The van der Waals surface area contributed by atoms with E-state index in [-0.39, 0.29) is 0 Å². The molecule has 1 heterocycles. The number of rotatable bonds is 2. The van der Waals surface area contributed by atoms with Crippen LogP contribution in [0.2, 0.25) is 0 Å². The minimum absolute atomic E-state index is 0.489. The van der Waals surface area contributed by atoms with Gasteiger partial charge < -0.3 is 0 Å². The molecule has 1 aromatic rings. The summed E-state index contributed by atoms with van der Waals surface area (Å²) in [5.41, 5.74) is 2.99. The van der Waals surface area contributed by atoms with Crippen molar-refractivity contribution in [3.8, 4) is 0 Å². The monoisotopic (exact) mass is 187 g/mol. The summed E-state index contributed by atoms with van der Waals surface area (Å²) < 4.78 is 0. The predicted molar refractivity (Wildman–Crippen MR) is 60.2 cm³/mol. The van der Waals surface area contributed by atoms with E-state index >= 15 is 0 Å². The summed E-state index contributed by atoms with van der Waals surface area (Å²) in [4.78, 5) is 2.47. The van der Waals surface area contributed by atoms with Gasteiger partial charge in [0.05, 0.1) is 0 Å². The van der Waals surface area contributed by atoms with Crippen molar-refractivity contribution in [2.24, 2.45) is 0 Å². The second-order valence-electron chi connectivity index (χ2n) is 3.97. The highest BCUT2D eigenvalue weighted by Crippen LogP contribution is 2.20. The van der Waals surface area contributed by atoms with E-state index in [1.807, 2.05) is 6.08 Å². The molecule has 0 N–H and O–H groups in total. The summed E-state index contributed by atoms with van der Waals surface area (Å²) in [5.74, 6) is 0. The van der Waals surface area contributed by atoms with Crippen LogP contribution in [0.3, 0.4) is 0 Å². The molecule has 0 amide bonds. The first-order valence-electron chi connectivity index (χ1n) is 5.24. The molecule has 0 aromatic heterocycles. The summed E-state index contributed by atoms with van der Waals surface area (Å²) in [6.07, 6.45) is 3.20. The number of nitrogens with zero attached hydrogens (tertiary/aromatic N) is 1. The second kappa shape index (κ2) is 3.97. The normalized spacial score (nSPS) is 18.6. The molecule has 0 aliphatic carbocycles. The van der Waals surface area contributed by atoms with Crippen LogP contribution >= 0.6 is 0 Å². The van der Waals surface area contributed by atoms with Crippen molar-refractivity contribution in [2.45, 2.75) is 25.9 Å². The van der Waals surface area contributed by atoms with Crippen LogP contribution in [0.15, 0.2) is 36.9 Å². The fourth-order valence-electron chi connectivity index (χ4n) is 2.01. The van der Waals surface area contributed by atoms with Gasteiger partial charge >= 0.3 is 0 Å². The van der Waals surface area contributed by atoms with Crippen molar-refractivity contribution in [3.63, 3.8) is 0 Å². The molecule has 14 heavy (non-hydrogen) atoms. The Labute approximate surface area is 86.1 Å². The van der Waals surface area contributed by atoms with Crippen LogP contribution in [0.5, 0.6) is 0 Å². The molecule has 1 aromatic carbocycles. The number of benzene rings is 1. The third-order valence-electron chi connectivity index (χ3n) is 3.08. The lowest BCUT2D eigenvalue weighted by Gasteiger charge is -2.32. The van der Waals surface area contributed by atoms with Crippen molar-refractivity contribution in [1.29, 1.82) is 0 Å². The standard InChI is InChI=1S/C13H17N/c1-3-11(2)14-9-8-12-6-4-5-7-13(12)10-14/h3-7,11H,1,8-10H2,2H3. The Morgan fingerprint density at radius 2 is 2.07 bits per heavy atom. The highest BCUT2D eigenvalue weighted by Gasteiger charge is 2.17. The van der Waals surface area contributed by atoms with Crippen LogP contribution in [-0.2, 0) is 13.0 Å². The zero-order chi connectivity index (χ0) is 9.97. The van der Waals surface area contributed by atoms with E-state index < -0.39 is 0 Å². The SMILES string of the molecule is C=CC(C)N1CCc2ccccc2C1. The van der Waals surface area contributed by atoms with Crippen molar-refractivity contribution < 1.29 is 0 Å². The minimum atomic E-state index is 0.489. The maximum atomic E-state index is 3.85. The Hall–Kier alpha value is -1.08. The van der Waals surface area contributed by atoms with Crippen molar-refractivity contribution in [3.05, 3.63) is 48.0 Å². The molecule has 1 aliphatic heterocycles. The third-order valence-corrected chi connectivity index (χ3v) is 3.08. The molecule has 0 spiro atoms. The number of hydrogen-bond donors (Lipinski definition) is 0. The summed E-state index contributed by atoms with van der Waals surface area (Å²) in [6, 6.07) is 9.22. The van der Waals surface area contributed by atoms with Gasteiger partial charge in [-0.3, -0.25) is 4.90 Å². The van der Waals surface area contributed by atoms with Gasteiger partial charge in [-0.2, -0.15) is 0 Å². The fourth-order valence-corrected chi connectivity index (χ4v) is 2.01. The number of hydrogen-bond acceptors (Lipinski definition) is 1. The summed E-state index contributed by atoms with van der Waals surface area (Å²) >= 11 is 0. The molecular weight excluding hydrogens is 170 g/mol. The largest absolute Gasteiger partial charge is 0.293 e. The van der Waals surface area contributed by atoms with Gasteiger partial charge in [0.2, 0.25) is 0 Å². The van der Waals surface area contributed by atoms with Crippen LogP contribution in [-0.4, -0.2) is 17.5 Å². The van der Waals surface area contributed by atoms with Crippen LogP contribution in [0, 0.1) is 0 Å². The van der Waals surface area contributed by atoms with E-state index in [0.717, 1.165) is 13.1 Å². The van der Waals surface area contributed by atoms with E-state index in [9.17, 15) is 0 Å². The molecule has 0 radical (unpaired) electrons. The fraction of sp³-hybridized carbons (Fsp3) is 0.385. The van der Waals surface area contributed by atoms with Crippen LogP contribution in [0.4, 0.5) is 0 Å². The molecular formula is C13H17N. The lowest BCUT2D eigenvalue weighted by atomic mass is 9.99. The molecule has 0 saturated heterocycles. The molecule has 2 rings (SSSR count). The lowest BCUT2D eigenvalue weighted by Crippen LogP contribution is -2.36. The Balaban J connectivity index is 2.17. The van der Waals surface area contributed by atoms with Gasteiger partial charge in [-0.25, -0.2) is 0 Å². The predicted octanol–water partition coefficient (Wildman–Crippen LogP) is 2.62. The quantitative estimate of drug-likeness (QED) is 0.643. The zero-order valence-electron chi connectivity index (χ0n) is 8.74. The van der Waals surface area contributed by atoms with Crippen molar-refractivity contribution in [1.82, 2.24) is 4.90 Å². The topological polar surface area (TPSA) is 3.24 Å². The maximum Gasteiger partial charge on any atom is 0.0250 e. The Morgan fingerprint density at radius 1 is 1.36 bits per heavy atom. The summed E-state index contributed by atoms with van der Waals surface area (Å²) in [5, 5.41) is 0. The minimum Gasteiger partial charge on any atom is -0.293 e. The Bertz CT molecular complexity index is 330. The van der Waals surface area contributed by atoms with E-state index in [1.54, 1.807) is 0 Å². The molecule has 1 nitrogen and oxygen atoms in total.